The molecule has 104 valence electrons. The van der Waals surface area contributed by atoms with E-state index in [1.54, 1.807) is 0 Å². The van der Waals surface area contributed by atoms with Gasteiger partial charge in [0.25, 0.3) is 6.29 Å². The van der Waals surface area contributed by atoms with Crippen LogP contribution in [0.25, 0.3) is 0 Å². The number of carbonyl (C=O) groups is 2. The van der Waals surface area contributed by atoms with Gasteiger partial charge in [-0.2, -0.15) is 0 Å². The molecular formula is C12H20O6. The molecule has 2 N–H and O–H groups in total. The Labute approximate surface area is 106 Å². The number of rotatable bonds is 3. The normalized spacial score (nSPS) is 24.0. The van der Waals surface area contributed by atoms with Gasteiger partial charge < -0.3 is 19.7 Å². The zero-order chi connectivity index (χ0) is 13.8. The molecule has 0 radical (unpaired) electrons. The minimum absolute atomic E-state index is 0.0573. The molecule has 6 heteroatoms. The first-order valence-electron chi connectivity index (χ1n) is 6.10. The largest absolute Gasteiger partial charge is 0.422 e. The summed E-state index contributed by atoms with van der Waals surface area (Å²) in [7, 11) is 0. The van der Waals surface area contributed by atoms with Gasteiger partial charge in [0.15, 0.2) is 0 Å². The third kappa shape index (κ3) is 4.62. The third-order valence-corrected chi connectivity index (χ3v) is 2.71. The van der Waals surface area contributed by atoms with Crippen molar-refractivity contribution < 1.29 is 29.3 Å². The summed E-state index contributed by atoms with van der Waals surface area (Å²) in [5, 5.41) is 19.4. The summed E-state index contributed by atoms with van der Waals surface area (Å²) in [6.45, 7) is 2.86. The van der Waals surface area contributed by atoms with Gasteiger partial charge in [0.1, 0.15) is 5.60 Å². The van der Waals surface area contributed by atoms with E-state index >= 15 is 0 Å². The predicted octanol–water partition coefficient (Wildman–Crippen LogP) is 0.495. The SMILES string of the molecule is CC(O)CC(C)(O)C1OC(=O)CCCCC(=O)O1. The second-order valence-electron chi connectivity index (χ2n) is 4.93. The third-order valence-electron chi connectivity index (χ3n) is 2.71. The number of hydrogen-bond acceptors (Lipinski definition) is 6. The number of ether oxygens (including phenoxy) is 2. The van der Waals surface area contributed by atoms with Crippen LogP contribution in [0.4, 0.5) is 0 Å². The number of aliphatic hydroxyl groups excluding tert-OH is 1. The zero-order valence-electron chi connectivity index (χ0n) is 10.7. The van der Waals surface area contributed by atoms with E-state index < -0.39 is 29.9 Å². The van der Waals surface area contributed by atoms with Crippen LogP contribution < -0.4 is 0 Å². The molecule has 1 aliphatic rings. The standard InChI is InChI=1S/C12H20O6/c1-8(13)7-12(2,16)11-17-9(14)5-3-4-6-10(15)18-11/h8,11,13,16H,3-7H2,1-2H3. The maximum atomic E-state index is 11.5. The van der Waals surface area contributed by atoms with Gasteiger partial charge in [-0.05, 0) is 26.7 Å². The minimum Gasteiger partial charge on any atom is -0.422 e. The van der Waals surface area contributed by atoms with Gasteiger partial charge in [-0.15, -0.1) is 0 Å². The molecule has 0 saturated carbocycles. The highest BCUT2D eigenvalue weighted by Crippen LogP contribution is 2.23. The lowest BCUT2D eigenvalue weighted by molar-refractivity contribution is -0.231. The fraction of sp³-hybridized carbons (Fsp3) is 0.833. The molecule has 1 fully saturated rings. The van der Waals surface area contributed by atoms with Crippen LogP contribution >= 0.6 is 0 Å². The first-order chi connectivity index (χ1) is 8.31. The van der Waals surface area contributed by atoms with Crippen molar-refractivity contribution >= 4 is 11.9 Å². The van der Waals surface area contributed by atoms with Gasteiger partial charge in [-0.3, -0.25) is 9.59 Å². The second kappa shape index (κ2) is 6.15. The maximum absolute atomic E-state index is 11.5. The highest BCUT2D eigenvalue weighted by atomic mass is 16.7. The fourth-order valence-corrected chi connectivity index (χ4v) is 1.87. The molecule has 1 saturated heterocycles. The Balaban J connectivity index is 2.79. The Morgan fingerprint density at radius 3 is 2.11 bits per heavy atom. The first kappa shape index (κ1) is 14.9. The Morgan fingerprint density at radius 2 is 1.72 bits per heavy atom. The van der Waals surface area contributed by atoms with Crippen molar-refractivity contribution in [3.05, 3.63) is 0 Å². The van der Waals surface area contributed by atoms with Gasteiger partial charge >= 0.3 is 11.9 Å². The molecule has 0 aromatic heterocycles. The van der Waals surface area contributed by atoms with E-state index in [-0.39, 0.29) is 19.3 Å². The van der Waals surface area contributed by atoms with Crippen molar-refractivity contribution in [3.63, 3.8) is 0 Å². The number of cyclic esters (lactones) is 2. The van der Waals surface area contributed by atoms with Crippen LogP contribution in [0.5, 0.6) is 0 Å². The fourth-order valence-electron chi connectivity index (χ4n) is 1.87. The first-order valence-corrected chi connectivity index (χ1v) is 6.10. The van der Waals surface area contributed by atoms with Gasteiger partial charge in [0, 0.05) is 19.3 Å². The highest BCUT2D eigenvalue weighted by Gasteiger charge is 2.39. The summed E-state index contributed by atoms with van der Waals surface area (Å²) in [6, 6.07) is 0. The molecule has 1 aliphatic heterocycles. The van der Waals surface area contributed by atoms with E-state index in [2.05, 4.69) is 0 Å². The van der Waals surface area contributed by atoms with Crippen molar-refractivity contribution in [2.75, 3.05) is 0 Å². The average molecular weight is 260 g/mol. The number of carbonyl (C=O) groups excluding carboxylic acids is 2. The van der Waals surface area contributed by atoms with Crippen molar-refractivity contribution in [2.24, 2.45) is 0 Å². The number of aliphatic hydroxyl groups is 2. The maximum Gasteiger partial charge on any atom is 0.308 e. The van der Waals surface area contributed by atoms with Crippen molar-refractivity contribution in [1.29, 1.82) is 0 Å². The summed E-state index contributed by atoms with van der Waals surface area (Å²) in [6.07, 6.45) is -0.734. The summed E-state index contributed by atoms with van der Waals surface area (Å²) in [5.41, 5.74) is -1.61. The van der Waals surface area contributed by atoms with E-state index in [1.807, 2.05) is 0 Å². The van der Waals surface area contributed by atoms with Gasteiger partial charge in [0.2, 0.25) is 0 Å². The van der Waals surface area contributed by atoms with Gasteiger partial charge in [-0.25, -0.2) is 0 Å². The molecule has 0 aliphatic carbocycles. The number of esters is 2. The van der Waals surface area contributed by atoms with Crippen LogP contribution in [0.3, 0.4) is 0 Å². The number of hydrogen-bond donors (Lipinski definition) is 2. The average Bonchev–Trinajstić information content (AvgIpc) is 2.28. The Bertz CT molecular complexity index is 290. The smallest absolute Gasteiger partial charge is 0.308 e. The monoisotopic (exact) mass is 260 g/mol. The Kier molecular flexibility index (Phi) is 5.10. The van der Waals surface area contributed by atoms with E-state index in [4.69, 9.17) is 9.47 Å². The van der Waals surface area contributed by atoms with E-state index in [9.17, 15) is 19.8 Å². The summed E-state index contributed by atoms with van der Waals surface area (Å²) < 4.78 is 9.93. The molecule has 2 atom stereocenters. The van der Waals surface area contributed by atoms with Crippen LogP contribution in [0, 0.1) is 0 Å². The molecule has 0 bridgehead atoms. The van der Waals surface area contributed by atoms with Crippen LogP contribution in [0.1, 0.15) is 46.0 Å². The lowest BCUT2D eigenvalue weighted by Gasteiger charge is -2.32. The predicted molar refractivity (Wildman–Crippen MR) is 61.4 cm³/mol. The second-order valence-corrected chi connectivity index (χ2v) is 4.93. The molecule has 0 spiro atoms. The lowest BCUT2D eigenvalue weighted by atomic mass is 9.98. The zero-order valence-corrected chi connectivity index (χ0v) is 10.7. The molecule has 0 aromatic carbocycles. The van der Waals surface area contributed by atoms with Crippen LogP contribution in [0.2, 0.25) is 0 Å². The molecule has 1 heterocycles. The Morgan fingerprint density at radius 1 is 1.28 bits per heavy atom. The van der Waals surface area contributed by atoms with E-state index in [1.165, 1.54) is 13.8 Å². The molecule has 6 nitrogen and oxygen atoms in total. The topological polar surface area (TPSA) is 93.1 Å². The van der Waals surface area contributed by atoms with E-state index in [0.29, 0.717) is 12.8 Å². The summed E-state index contributed by atoms with van der Waals surface area (Å²) in [4.78, 5) is 22.9. The van der Waals surface area contributed by atoms with Crippen LogP contribution in [-0.4, -0.2) is 40.1 Å². The lowest BCUT2D eigenvalue weighted by Crippen LogP contribution is -2.46. The molecule has 18 heavy (non-hydrogen) atoms. The quantitative estimate of drug-likeness (QED) is 0.717. The van der Waals surface area contributed by atoms with E-state index in [0.717, 1.165) is 0 Å². The molecule has 0 aromatic rings. The van der Waals surface area contributed by atoms with Crippen molar-refractivity contribution in [2.45, 2.75) is 63.9 Å². The molecule has 1 rings (SSSR count). The molecule has 0 amide bonds. The van der Waals surface area contributed by atoms with Crippen molar-refractivity contribution in [1.82, 2.24) is 0 Å². The van der Waals surface area contributed by atoms with Crippen molar-refractivity contribution in [3.8, 4) is 0 Å². The highest BCUT2D eigenvalue weighted by molar-refractivity contribution is 5.72. The minimum atomic E-state index is -1.61. The Hall–Kier alpha value is -1.14. The molecular weight excluding hydrogens is 240 g/mol. The van der Waals surface area contributed by atoms with Crippen LogP contribution in [0.15, 0.2) is 0 Å². The van der Waals surface area contributed by atoms with Gasteiger partial charge in [-0.1, -0.05) is 0 Å². The van der Waals surface area contributed by atoms with Crippen LogP contribution in [-0.2, 0) is 19.1 Å². The molecule has 2 unspecified atom stereocenters. The summed E-state index contributed by atoms with van der Waals surface area (Å²) in [5.74, 6) is -1.03. The van der Waals surface area contributed by atoms with Gasteiger partial charge in [0.05, 0.1) is 6.10 Å². The summed E-state index contributed by atoms with van der Waals surface area (Å²) >= 11 is 0.